The second-order valence-electron chi connectivity index (χ2n) is 6.38. The summed E-state index contributed by atoms with van der Waals surface area (Å²) in [5.41, 5.74) is 1.25. The fourth-order valence-corrected chi connectivity index (χ4v) is 3.10. The lowest BCUT2D eigenvalue weighted by molar-refractivity contribution is -0.131. The van der Waals surface area contributed by atoms with Gasteiger partial charge in [-0.05, 0) is 36.8 Å². The molecule has 0 unspecified atom stereocenters. The zero-order valence-corrected chi connectivity index (χ0v) is 15.9. The molecular weight excluding hydrogens is 361 g/mol. The van der Waals surface area contributed by atoms with Gasteiger partial charge in [0.15, 0.2) is 11.6 Å². The Morgan fingerprint density at radius 1 is 1.25 bits per heavy atom. The minimum absolute atomic E-state index is 0.0664. The molecule has 3 rings (SSSR count). The second-order valence-corrected chi connectivity index (χ2v) is 6.38. The Morgan fingerprint density at radius 3 is 2.75 bits per heavy atom. The summed E-state index contributed by atoms with van der Waals surface area (Å²) in [6.07, 6.45) is 1.50. The Kier molecular flexibility index (Phi) is 6.03. The van der Waals surface area contributed by atoms with Crippen LogP contribution in [-0.4, -0.2) is 34.2 Å². The number of amides is 1. The van der Waals surface area contributed by atoms with Crippen LogP contribution in [0, 0.1) is 5.82 Å². The van der Waals surface area contributed by atoms with Crippen molar-refractivity contribution >= 4 is 16.8 Å². The minimum atomic E-state index is -0.451. The molecule has 0 spiro atoms. The van der Waals surface area contributed by atoms with Crippen LogP contribution < -0.4 is 10.2 Å². The van der Waals surface area contributed by atoms with Gasteiger partial charge in [-0.1, -0.05) is 18.2 Å². The van der Waals surface area contributed by atoms with Gasteiger partial charge in [-0.25, -0.2) is 4.39 Å². The van der Waals surface area contributed by atoms with Crippen LogP contribution in [0.4, 0.5) is 4.39 Å². The van der Waals surface area contributed by atoms with Crippen molar-refractivity contribution in [2.24, 2.45) is 0 Å². The summed E-state index contributed by atoms with van der Waals surface area (Å²) in [5, 5.41) is 4.72. The molecule has 1 aromatic heterocycles. The molecule has 1 amide bonds. The van der Waals surface area contributed by atoms with Crippen molar-refractivity contribution in [1.29, 1.82) is 0 Å². The average molecular weight is 383 g/mol. The molecule has 7 heteroatoms. The molecule has 0 aliphatic carbocycles. The van der Waals surface area contributed by atoms with E-state index in [9.17, 15) is 14.0 Å². The van der Waals surface area contributed by atoms with E-state index < -0.39 is 5.82 Å². The molecule has 0 N–H and O–H groups in total. The molecule has 0 saturated carbocycles. The summed E-state index contributed by atoms with van der Waals surface area (Å²) < 4.78 is 20.5. The smallest absolute Gasteiger partial charge is 0.224 e. The first kappa shape index (κ1) is 19.5. The van der Waals surface area contributed by atoms with Crippen LogP contribution in [0.5, 0.6) is 5.75 Å². The first-order valence-electron chi connectivity index (χ1n) is 9.08. The quantitative estimate of drug-likeness (QED) is 0.629. The number of rotatable bonds is 7. The Labute approximate surface area is 162 Å². The number of carbonyl (C=O) groups excluding carboxylic acids is 1. The Morgan fingerprint density at radius 2 is 2.04 bits per heavy atom. The van der Waals surface area contributed by atoms with Crippen LogP contribution in [0.25, 0.3) is 10.9 Å². The number of benzene rings is 2. The maximum absolute atomic E-state index is 13.9. The van der Waals surface area contributed by atoms with Crippen molar-refractivity contribution in [1.82, 2.24) is 14.7 Å². The molecule has 0 bridgehead atoms. The third kappa shape index (κ3) is 4.19. The number of aromatic nitrogens is 2. The molecular formula is C21H22FN3O3. The van der Waals surface area contributed by atoms with E-state index in [4.69, 9.17) is 4.74 Å². The van der Waals surface area contributed by atoms with E-state index in [1.165, 1.54) is 19.4 Å². The third-order valence-electron chi connectivity index (χ3n) is 4.62. The number of carbonyl (C=O) groups is 1. The van der Waals surface area contributed by atoms with Gasteiger partial charge in [0.2, 0.25) is 11.3 Å². The van der Waals surface area contributed by atoms with Gasteiger partial charge in [-0.15, -0.1) is 0 Å². The maximum Gasteiger partial charge on any atom is 0.224 e. The standard InChI is InChI=1S/C21H22FN3O3/c1-3-24(14-15-8-9-20(28-2)17(22)12-15)21(27)10-11-25-18-7-5-4-6-16(18)19(26)13-23-25/h4-9,12-13H,3,10-11,14H2,1-2H3. The molecule has 0 saturated heterocycles. The van der Waals surface area contributed by atoms with Crippen molar-refractivity contribution in [3.8, 4) is 5.75 Å². The summed E-state index contributed by atoms with van der Waals surface area (Å²) in [5.74, 6) is -0.343. The van der Waals surface area contributed by atoms with Gasteiger partial charge in [0.25, 0.3) is 0 Å². The normalized spacial score (nSPS) is 10.8. The Bertz CT molecular complexity index is 1050. The lowest BCUT2D eigenvalue weighted by Gasteiger charge is -2.21. The molecule has 28 heavy (non-hydrogen) atoms. The molecule has 6 nitrogen and oxygen atoms in total. The number of hydrogen-bond acceptors (Lipinski definition) is 4. The molecule has 2 aromatic carbocycles. The average Bonchev–Trinajstić information content (AvgIpc) is 2.71. The topological polar surface area (TPSA) is 64.4 Å². The monoisotopic (exact) mass is 383 g/mol. The molecule has 0 radical (unpaired) electrons. The SMILES string of the molecule is CCN(Cc1ccc(OC)c(F)c1)C(=O)CCn1ncc(=O)c2ccccc21. The molecule has 146 valence electrons. The van der Waals surface area contributed by atoms with Crippen LogP contribution in [0.2, 0.25) is 0 Å². The molecule has 3 aromatic rings. The highest BCUT2D eigenvalue weighted by atomic mass is 19.1. The van der Waals surface area contributed by atoms with E-state index in [0.29, 0.717) is 36.1 Å². The van der Waals surface area contributed by atoms with E-state index in [2.05, 4.69) is 5.10 Å². The number of aryl methyl sites for hydroxylation is 1. The fourth-order valence-electron chi connectivity index (χ4n) is 3.10. The minimum Gasteiger partial charge on any atom is -0.494 e. The van der Waals surface area contributed by atoms with Gasteiger partial charge in [0.05, 0.1) is 25.4 Å². The highest BCUT2D eigenvalue weighted by molar-refractivity contribution is 5.79. The summed E-state index contributed by atoms with van der Waals surface area (Å²) in [6, 6.07) is 11.9. The summed E-state index contributed by atoms with van der Waals surface area (Å²) in [4.78, 5) is 26.2. The summed E-state index contributed by atoms with van der Waals surface area (Å²) in [6.45, 7) is 3.05. The van der Waals surface area contributed by atoms with Gasteiger partial charge >= 0.3 is 0 Å². The van der Waals surface area contributed by atoms with E-state index in [1.54, 1.807) is 33.8 Å². The fraction of sp³-hybridized carbons (Fsp3) is 0.286. The largest absolute Gasteiger partial charge is 0.494 e. The number of hydrogen-bond donors (Lipinski definition) is 0. The summed E-state index contributed by atoms with van der Waals surface area (Å²) >= 11 is 0. The van der Waals surface area contributed by atoms with Crippen LogP contribution in [0.15, 0.2) is 53.5 Å². The number of para-hydroxylation sites is 1. The lowest BCUT2D eigenvalue weighted by Crippen LogP contribution is -2.31. The Balaban J connectivity index is 1.70. The zero-order valence-electron chi connectivity index (χ0n) is 15.9. The lowest BCUT2D eigenvalue weighted by atomic mass is 10.2. The second kappa shape index (κ2) is 8.65. The van der Waals surface area contributed by atoms with E-state index in [1.807, 2.05) is 19.1 Å². The molecule has 0 atom stereocenters. The highest BCUT2D eigenvalue weighted by Crippen LogP contribution is 2.19. The van der Waals surface area contributed by atoms with Crippen molar-refractivity contribution in [2.75, 3.05) is 13.7 Å². The maximum atomic E-state index is 13.9. The summed E-state index contributed by atoms with van der Waals surface area (Å²) in [7, 11) is 1.41. The van der Waals surface area contributed by atoms with Crippen LogP contribution in [0.1, 0.15) is 18.9 Å². The van der Waals surface area contributed by atoms with Gasteiger partial charge < -0.3 is 9.64 Å². The van der Waals surface area contributed by atoms with E-state index in [0.717, 1.165) is 0 Å². The van der Waals surface area contributed by atoms with E-state index in [-0.39, 0.29) is 23.5 Å². The zero-order chi connectivity index (χ0) is 20.1. The molecule has 0 aliphatic rings. The number of halogens is 1. The van der Waals surface area contributed by atoms with Gasteiger partial charge in [-0.3, -0.25) is 14.3 Å². The number of nitrogens with zero attached hydrogens (tertiary/aromatic N) is 3. The number of methoxy groups -OCH3 is 1. The molecule has 0 fully saturated rings. The van der Waals surface area contributed by atoms with Crippen molar-refractivity contribution < 1.29 is 13.9 Å². The Hall–Kier alpha value is -3.22. The molecule has 1 heterocycles. The van der Waals surface area contributed by atoms with Gasteiger partial charge in [0.1, 0.15) is 0 Å². The highest BCUT2D eigenvalue weighted by Gasteiger charge is 2.14. The van der Waals surface area contributed by atoms with Gasteiger partial charge in [0, 0.05) is 24.9 Å². The number of fused-ring (bicyclic) bond motifs is 1. The first-order valence-corrected chi connectivity index (χ1v) is 9.08. The van der Waals surface area contributed by atoms with Crippen LogP contribution in [0.3, 0.4) is 0 Å². The van der Waals surface area contributed by atoms with Crippen molar-refractivity contribution in [3.05, 3.63) is 70.3 Å². The first-order chi connectivity index (χ1) is 13.5. The number of ether oxygens (including phenoxy) is 1. The van der Waals surface area contributed by atoms with Gasteiger partial charge in [-0.2, -0.15) is 5.10 Å². The molecule has 0 aliphatic heterocycles. The van der Waals surface area contributed by atoms with Crippen LogP contribution >= 0.6 is 0 Å². The van der Waals surface area contributed by atoms with E-state index >= 15 is 0 Å². The van der Waals surface area contributed by atoms with Crippen LogP contribution in [-0.2, 0) is 17.9 Å². The third-order valence-corrected chi connectivity index (χ3v) is 4.62. The van der Waals surface area contributed by atoms with Crippen molar-refractivity contribution in [3.63, 3.8) is 0 Å². The predicted octanol–water partition coefficient (Wildman–Crippen LogP) is 2.98. The van der Waals surface area contributed by atoms with Crippen molar-refractivity contribution in [2.45, 2.75) is 26.4 Å². The predicted molar refractivity (Wildman–Crippen MR) is 105 cm³/mol.